The lowest BCUT2D eigenvalue weighted by atomic mass is 10.1. The van der Waals surface area contributed by atoms with Gasteiger partial charge >= 0.3 is 5.97 Å². The summed E-state index contributed by atoms with van der Waals surface area (Å²) in [5.41, 5.74) is 2.56. The van der Waals surface area contributed by atoms with Crippen molar-refractivity contribution in [2.75, 3.05) is 0 Å². The number of rotatable bonds is 4. The summed E-state index contributed by atoms with van der Waals surface area (Å²) >= 11 is 7.29. The molecule has 0 bridgehead atoms. The molecule has 2 aromatic rings. The summed E-state index contributed by atoms with van der Waals surface area (Å²) in [6.07, 6.45) is 0. The second-order valence-corrected chi connectivity index (χ2v) is 5.42. The molecule has 0 atom stereocenters. The summed E-state index contributed by atoms with van der Waals surface area (Å²) in [7, 11) is 0. The van der Waals surface area contributed by atoms with Crippen LogP contribution in [0.5, 0.6) is 0 Å². The predicted molar refractivity (Wildman–Crippen MR) is 76.9 cm³/mol. The minimum atomic E-state index is -0.998. The molecule has 19 heavy (non-hydrogen) atoms. The van der Waals surface area contributed by atoms with Gasteiger partial charge in [-0.15, -0.1) is 11.8 Å². The minimum Gasteiger partial charge on any atom is -0.478 e. The zero-order valence-electron chi connectivity index (χ0n) is 10.3. The van der Waals surface area contributed by atoms with Gasteiger partial charge < -0.3 is 5.11 Å². The zero-order chi connectivity index (χ0) is 13.8. The van der Waals surface area contributed by atoms with Crippen LogP contribution in [0.2, 0.25) is 5.15 Å². The second-order valence-electron chi connectivity index (χ2n) is 4.04. The Bertz CT molecular complexity index is 616. The minimum absolute atomic E-state index is 0.160. The molecule has 0 aliphatic rings. The third-order valence-corrected chi connectivity index (χ3v) is 3.81. The van der Waals surface area contributed by atoms with E-state index < -0.39 is 5.97 Å². The van der Waals surface area contributed by atoms with Gasteiger partial charge in [0.15, 0.2) is 0 Å². The average Bonchev–Trinajstić information content (AvgIpc) is 2.37. The van der Waals surface area contributed by atoms with E-state index in [2.05, 4.69) is 4.98 Å². The first-order chi connectivity index (χ1) is 9.06. The molecule has 2 rings (SSSR count). The molecule has 0 saturated carbocycles. The number of aryl methyl sites for hydroxylation is 1. The molecule has 0 unspecified atom stereocenters. The fourth-order valence-electron chi connectivity index (χ4n) is 1.59. The molecule has 1 aromatic carbocycles. The number of carboxylic acids is 1. The number of pyridine rings is 1. The first-order valence-electron chi connectivity index (χ1n) is 5.64. The highest BCUT2D eigenvalue weighted by Crippen LogP contribution is 2.25. The van der Waals surface area contributed by atoms with Gasteiger partial charge in [-0.05, 0) is 30.2 Å². The van der Waals surface area contributed by atoms with Crippen molar-refractivity contribution in [1.82, 2.24) is 4.98 Å². The van der Waals surface area contributed by atoms with E-state index in [1.165, 1.54) is 35.0 Å². The van der Waals surface area contributed by atoms with Crippen LogP contribution < -0.4 is 0 Å². The van der Waals surface area contributed by atoms with Gasteiger partial charge in [-0.1, -0.05) is 35.9 Å². The van der Waals surface area contributed by atoms with Crippen molar-refractivity contribution in [3.05, 3.63) is 58.2 Å². The number of carbonyl (C=O) groups is 1. The van der Waals surface area contributed by atoms with Gasteiger partial charge in [0, 0.05) is 5.75 Å². The summed E-state index contributed by atoms with van der Waals surface area (Å²) in [6, 6.07) is 11.0. The van der Waals surface area contributed by atoms with Crippen LogP contribution >= 0.6 is 23.4 Å². The van der Waals surface area contributed by atoms with Crippen LogP contribution in [-0.4, -0.2) is 16.1 Å². The van der Waals surface area contributed by atoms with E-state index in [1.807, 2.05) is 31.2 Å². The van der Waals surface area contributed by atoms with E-state index in [-0.39, 0.29) is 10.7 Å². The Morgan fingerprint density at radius 1 is 1.37 bits per heavy atom. The third kappa shape index (κ3) is 3.72. The van der Waals surface area contributed by atoms with Gasteiger partial charge in [0.2, 0.25) is 0 Å². The van der Waals surface area contributed by atoms with Gasteiger partial charge in [0.05, 0.1) is 10.6 Å². The van der Waals surface area contributed by atoms with Crippen molar-refractivity contribution in [3.8, 4) is 0 Å². The maximum Gasteiger partial charge on any atom is 0.335 e. The molecule has 0 aliphatic heterocycles. The molecule has 0 fully saturated rings. The first kappa shape index (κ1) is 13.9. The van der Waals surface area contributed by atoms with Gasteiger partial charge in [-0.25, -0.2) is 9.78 Å². The topological polar surface area (TPSA) is 50.2 Å². The molecule has 98 valence electrons. The Labute approximate surface area is 120 Å². The first-order valence-corrected chi connectivity index (χ1v) is 7.01. The smallest absolute Gasteiger partial charge is 0.335 e. The number of thioether (sulfide) groups is 1. The molecule has 0 radical (unpaired) electrons. The molecule has 5 heteroatoms. The van der Waals surface area contributed by atoms with Crippen molar-refractivity contribution >= 4 is 29.3 Å². The number of benzene rings is 1. The Kier molecular flexibility index (Phi) is 4.45. The zero-order valence-corrected chi connectivity index (χ0v) is 11.8. The van der Waals surface area contributed by atoms with Crippen LogP contribution in [0.15, 0.2) is 41.4 Å². The molecule has 0 amide bonds. The van der Waals surface area contributed by atoms with Crippen LogP contribution in [0.3, 0.4) is 0 Å². The van der Waals surface area contributed by atoms with Crippen LogP contribution in [0.4, 0.5) is 0 Å². The molecular formula is C14H12ClNO2S. The van der Waals surface area contributed by atoms with Crippen molar-refractivity contribution in [2.24, 2.45) is 0 Å². The molecule has 0 saturated heterocycles. The highest BCUT2D eigenvalue weighted by Gasteiger charge is 2.08. The number of halogens is 1. The van der Waals surface area contributed by atoms with E-state index in [0.717, 1.165) is 5.75 Å². The Morgan fingerprint density at radius 2 is 2.11 bits per heavy atom. The van der Waals surface area contributed by atoms with Crippen molar-refractivity contribution < 1.29 is 9.90 Å². The Hall–Kier alpha value is -1.52. The maximum atomic E-state index is 10.9. The normalized spacial score (nSPS) is 10.4. The van der Waals surface area contributed by atoms with Crippen molar-refractivity contribution in [3.63, 3.8) is 0 Å². The van der Waals surface area contributed by atoms with Gasteiger partial charge in [0.25, 0.3) is 0 Å². The molecule has 0 aliphatic carbocycles. The van der Waals surface area contributed by atoms with E-state index >= 15 is 0 Å². The summed E-state index contributed by atoms with van der Waals surface area (Å²) in [4.78, 5) is 15.1. The predicted octanol–water partition coefficient (Wildman–Crippen LogP) is 4.03. The summed E-state index contributed by atoms with van der Waals surface area (Å²) in [5.74, 6) is -0.263. The molecule has 0 spiro atoms. The fourth-order valence-corrected chi connectivity index (χ4v) is 2.85. The highest BCUT2D eigenvalue weighted by molar-refractivity contribution is 7.98. The number of hydrogen-bond donors (Lipinski definition) is 1. The summed E-state index contributed by atoms with van der Waals surface area (Å²) in [6.45, 7) is 2.05. The fraction of sp³-hybridized carbons (Fsp3) is 0.143. The van der Waals surface area contributed by atoms with Crippen molar-refractivity contribution in [2.45, 2.75) is 17.7 Å². The van der Waals surface area contributed by atoms with Crippen LogP contribution in [0.1, 0.15) is 21.5 Å². The molecule has 1 heterocycles. The largest absolute Gasteiger partial charge is 0.478 e. The molecule has 3 nitrogen and oxygen atoms in total. The lowest BCUT2D eigenvalue weighted by Gasteiger charge is -2.06. The second kappa shape index (κ2) is 6.08. The molecule has 1 N–H and O–H groups in total. The standard InChI is InChI=1S/C14H12ClNO2S/c1-9-4-2-3-5-10(9)8-19-13-7-11(14(17)18)6-12(15)16-13/h2-7H,8H2,1H3,(H,17,18). The number of aromatic nitrogens is 1. The third-order valence-electron chi connectivity index (χ3n) is 2.65. The van der Waals surface area contributed by atoms with Gasteiger partial charge in [-0.2, -0.15) is 0 Å². The molecular weight excluding hydrogens is 282 g/mol. The van der Waals surface area contributed by atoms with E-state index in [0.29, 0.717) is 5.03 Å². The van der Waals surface area contributed by atoms with E-state index in [9.17, 15) is 4.79 Å². The number of carboxylic acid groups (broad SMARTS) is 1. The summed E-state index contributed by atoms with van der Waals surface area (Å²) < 4.78 is 0. The highest BCUT2D eigenvalue weighted by atomic mass is 35.5. The Balaban J connectivity index is 2.16. The number of aromatic carboxylic acids is 1. The number of nitrogens with zero attached hydrogens (tertiary/aromatic N) is 1. The van der Waals surface area contributed by atoms with Crippen LogP contribution in [0, 0.1) is 6.92 Å². The summed E-state index contributed by atoms with van der Waals surface area (Å²) in [5, 5.41) is 9.79. The maximum absolute atomic E-state index is 10.9. The van der Waals surface area contributed by atoms with Crippen LogP contribution in [0.25, 0.3) is 0 Å². The van der Waals surface area contributed by atoms with Crippen LogP contribution in [-0.2, 0) is 5.75 Å². The van der Waals surface area contributed by atoms with Crippen molar-refractivity contribution in [1.29, 1.82) is 0 Å². The van der Waals surface area contributed by atoms with E-state index in [1.54, 1.807) is 0 Å². The van der Waals surface area contributed by atoms with Gasteiger partial charge in [-0.3, -0.25) is 0 Å². The monoisotopic (exact) mass is 293 g/mol. The number of hydrogen-bond acceptors (Lipinski definition) is 3. The average molecular weight is 294 g/mol. The quantitative estimate of drug-likeness (QED) is 0.683. The SMILES string of the molecule is Cc1ccccc1CSc1cc(C(=O)O)cc(Cl)n1. The lowest BCUT2D eigenvalue weighted by molar-refractivity contribution is 0.0696. The lowest BCUT2D eigenvalue weighted by Crippen LogP contribution is -1.98. The molecule has 1 aromatic heterocycles. The van der Waals surface area contributed by atoms with E-state index in [4.69, 9.17) is 16.7 Å². The van der Waals surface area contributed by atoms with Gasteiger partial charge in [0.1, 0.15) is 5.15 Å². The Morgan fingerprint density at radius 3 is 2.79 bits per heavy atom.